The zero-order chi connectivity index (χ0) is 18.5. The maximum atomic E-state index is 12.3. The van der Waals surface area contributed by atoms with Crippen molar-refractivity contribution >= 4 is 5.91 Å². The minimum atomic E-state index is -0.0569. The largest absolute Gasteiger partial charge is 0.490 e. The van der Waals surface area contributed by atoms with E-state index in [1.807, 2.05) is 30.5 Å². The van der Waals surface area contributed by atoms with E-state index in [0.29, 0.717) is 25.7 Å². The van der Waals surface area contributed by atoms with Crippen LogP contribution in [0, 0.1) is 0 Å². The van der Waals surface area contributed by atoms with Gasteiger partial charge < -0.3 is 20.1 Å². The van der Waals surface area contributed by atoms with Gasteiger partial charge in [0.15, 0.2) is 11.5 Å². The highest BCUT2D eigenvalue weighted by Crippen LogP contribution is 2.30. The van der Waals surface area contributed by atoms with E-state index in [9.17, 15) is 4.79 Å². The van der Waals surface area contributed by atoms with Gasteiger partial charge in [-0.2, -0.15) is 5.10 Å². The zero-order valence-electron chi connectivity index (χ0n) is 15.4. The lowest BCUT2D eigenvalue weighted by molar-refractivity contribution is -0.122. The Morgan fingerprint density at radius 1 is 1.22 bits per heavy atom. The van der Waals surface area contributed by atoms with E-state index >= 15 is 0 Å². The molecule has 2 aliphatic heterocycles. The summed E-state index contributed by atoms with van der Waals surface area (Å²) in [6, 6.07) is 7.81. The van der Waals surface area contributed by atoms with Gasteiger partial charge in [-0.25, -0.2) is 0 Å². The molecule has 1 aromatic carbocycles. The lowest BCUT2D eigenvalue weighted by atomic mass is 9.97. The molecule has 1 atom stereocenters. The van der Waals surface area contributed by atoms with Crippen molar-refractivity contribution in [3.8, 4) is 11.5 Å². The number of carbonyl (C=O) groups is 1. The molecule has 7 nitrogen and oxygen atoms in total. The summed E-state index contributed by atoms with van der Waals surface area (Å²) in [4.78, 5) is 12.3. The van der Waals surface area contributed by atoms with Crippen molar-refractivity contribution in [2.75, 3.05) is 26.3 Å². The summed E-state index contributed by atoms with van der Waals surface area (Å²) in [7, 11) is 0. The Morgan fingerprint density at radius 3 is 2.96 bits per heavy atom. The molecular weight excluding hydrogens is 344 g/mol. The minimum Gasteiger partial charge on any atom is -0.490 e. The smallest absolute Gasteiger partial charge is 0.241 e. The highest BCUT2D eigenvalue weighted by molar-refractivity contribution is 5.75. The van der Waals surface area contributed by atoms with Crippen molar-refractivity contribution in [3.05, 3.63) is 41.7 Å². The molecule has 0 aliphatic carbocycles. The average Bonchev–Trinajstić information content (AvgIpc) is 3.03. The first-order valence-corrected chi connectivity index (χ1v) is 9.67. The molecule has 0 radical (unpaired) electrons. The van der Waals surface area contributed by atoms with Crippen molar-refractivity contribution in [2.45, 2.75) is 38.3 Å². The molecule has 27 heavy (non-hydrogen) atoms. The number of hydrogen-bond donors (Lipinski definition) is 2. The van der Waals surface area contributed by atoms with Gasteiger partial charge in [-0.3, -0.25) is 9.48 Å². The fourth-order valence-corrected chi connectivity index (χ4v) is 3.51. The number of nitrogens with zero attached hydrogens (tertiary/aromatic N) is 2. The first kappa shape index (κ1) is 17.9. The third kappa shape index (κ3) is 4.60. The normalized spacial score (nSPS) is 19.3. The van der Waals surface area contributed by atoms with Crippen LogP contribution in [-0.4, -0.2) is 42.0 Å². The van der Waals surface area contributed by atoms with Gasteiger partial charge in [-0.15, -0.1) is 0 Å². The molecule has 0 bridgehead atoms. The zero-order valence-corrected chi connectivity index (χ0v) is 15.4. The van der Waals surface area contributed by atoms with Crippen molar-refractivity contribution < 1.29 is 14.3 Å². The van der Waals surface area contributed by atoms with Gasteiger partial charge in [0.1, 0.15) is 6.54 Å². The number of carbonyl (C=O) groups excluding carboxylic acids is 1. The fourth-order valence-electron chi connectivity index (χ4n) is 3.51. The van der Waals surface area contributed by atoms with E-state index in [2.05, 4.69) is 15.7 Å². The maximum absolute atomic E-state index is 12.3. The highest BCUT2D eigenvalue weighted by atomic mass is 16.5. The van der Waals surface area contributed by atoms with E-state index in [1.165, 1.54) is 6.42 Å². The molecule has 1 fully saturated rings. The van der Waals surface area contributed by atoms with Gasteiger partial charge in [0.05, 0.1) is 18.9 Å². The number of hydrogen-bond acceptors (Lipinski definition) is 5. The van der Waals surface area contributed by atoms with E-state index < -0.39 is 0 Å². The first-order chi connectivity index (χ1) is 13.3. The van der Waals surface area contributed by atoms with E-state index in [-0.39, 0.29) is 12.5 Å². The van der Waals surface area contributed by atoms with Crippen LogP contribution in [0.4, 0.5) is 0 Å². The number of amides is 1. The topological polar surface area (TPSA) is 77.4 Å². The van der Waals surface area contributed by atoms with E-state index in [1.54, 1.807) is 4.68 Å². The summed E-state index contributed by atoms with van der Waals surface area (Å²) >= 11 is 0. The van der Waals surface area contributed by atoms with Crippen LogP contribution in [0.25, 0.3) is 0 Å². The number of fused-ring (bicyclic) bond motifs is 1. The van der Waals surface area contributed by atoms with E-state index in [4.69, 9.17) is 9.47 Å². The molecule has 0 saturated carbocycles. The predicted molar refractivity (Wildman–Crippen MR) is 101 cm³/mol. The molecular formula is C20H26N4O3. The molecule has 2 N–H and O–H groups in total. The Balaban J connectivity index is 1.30. The second-order valence-corrected chi connectivity index (χ2v) is 7.09. The van der Waals surface area contributed by atoms with Gasteiger partial charge in [-0.1, -0.05) is 6.07 Å². The molecule has 2 aromatic rings. The lowest BCUT2D eigenvalue weighted by Gasteiger charge is -2.20. The molecule has 1 amide bonds. The monoisotopic (exact) mass is 370 g/mol. The minimum absolute atomic E-state index is 0.0569. The standard InChI is InChI=1S/C20H26N4O3/c25-20(14-24-8-6-17(23-24)16-3-1-7-21-13-16)22-12-15-4-5-18-19(11-15)27-10-2-9-26-18/h4-6,8,11,16,21H,1-3,7,9-10,12-14H2,(H,22,25). The Labute approximate surface area is 159 Å². The average molecular weight is 370 g/mol. The second kappa shape index (κ2) is 8.43. The quantitative estimate of drug-likeness (QED) is 0.840. The number of benzene rings is 1. The summed E-state index contributed by atoms with van der Waals surface area (Å²) in [5.74, 6) is 1.91. The van der Waals surface area contributed by atoms with Crippen LogP contribution in [-0.2, 0) is 17.9 Å². The molecule has 1 unspecified atom stereocenters. The summed E-state index contributed by atoms with van der Waals surface area (Å²) in [6.07, 6.45) is 5.09. The van der Waals surface area contributed by atoms with Crippen molar-refractivity contribution in [3.63, 3.8) is 0 Å². The van der Waals surface area contributed by atoms with Gasteiger partial charge in [0, 0.05) is 31.6 Å². The van der Waals surface area contributed by atoms with E-state index in [0.717, 1.165) is 48.7 Å². The highest BCUT2D eigenvalue weighted by Gasteiger charge is 2.18. The van der Waals surface area contributed by atoms with Crippen LogP contribution in [0.15, 0.2) is 30.5 Å². The molecule has 0 spiro atoms. The number of aromatic nitrogens is 2. The summed E-state index contributed by atoms with van der Waals surface area (Å²) in [6.45, 7) is 4.06. The summed E-state index contributed by atoms with van der Waals surface area (Å²) < 4.78 is 13.0. The molecule has 7 heteroatoms. The predicted octanol–water partition coefficient (Wildman–Crippen LogP) is 1.83. The number of ether oxygens (including phenoxy) is 2. The van der Waals surface area contributed by atoms with Gasteiger partial charge in [0.2, 0.25) is 5.91 Å². The summed E-state index contributed by atoms with van der Waals surface area (Å²) in [5, 5.41) is 10.9. The molecule has 1 saturated heterocycles. The lowest BCUT2D eigenvalue weighted by Crippen LogP contribution is -2.29. The van der Waals surface area contributed by atoms with Crippen LogP contribution in [0.5, 0.6) is 11.5 Å². The van der Waals surface area contributed by atoms with Crippen LogP contribution in [0.2, 0.25) is 0 Å². The number of piperidine rings is 1. The van der Waals surface area contributed by atoms with Gasteiger partial charge in [-0.05, 0) is 43.1 Å². The number of rotatable bonds is 5. The third-order valence-corrected chi connectivity index (χ3v) is 4.98. The van der Waals surface area contributed by atoms with Crippen molar-refractivity contribution in [2.24, 2.45) is 0 Å². The van der Waals surface area contributed by atoms with Crippen LogP contribution in [0.3, 0.4) is 0 Å². The Bertz CT molecular complexity index is 783. The molecule has 2 aliphatic rings. The SMILES string of the molecule is O=C(Cn1ccc(C2CCCNC2)n1)NCc1ccc2c(c1)OCCCO2. The van der Waals surface area contributed by atoms with Crippen LogP contribution in [0.1, 0.15) is 36.4 Å². The van der Waals surface area contributed by atoms with Crippen molar-refractivity contribution in [1.82, 2.24) is 20.4 Å². The fraction of sp³-hybridized carbons (Fsp3) is 0.500. The molecule has 4 rings (SSSR count). The third-order valence-electron chi connectivity index (χ3n) is 4.98. The molecule has 144 valence electrons. The van der Waals surface area contributed by atoms with Crippen LogP contribution >= 0.6 is 0 Å². The Morgan fingerprint density at radius 2 is 2.11 bits per heavy atom. The maximum Gasteiger partial charge on any atom is 0.241 e. The van der Waals surface area contributed by atoms with Crippen LogP contribution < -0.4 is 20.1 Å². The second-order valence-electron chi connectivity index (χ2n) is 7.09. The Kier molecular flexibility index (Phi) is 5.58. The number of nitrogens with one attached hydrogen (secondary N) is 2. The first-order valence-electron chi connectivity index (χ1n) is 9.67. The molecule has 3 heterocycles. The van der Waals surface area contributed by atoms with Crippen molar-refractivity contribution in [1.29, 1.82) is 0 Å². The Hall–Kier alpha value is -2.54. The summed E-state index contributed by atoms with van der Waals surface area (Å²) in [5.41, 5.74) is 2.06. The van der Waals surface area contributed by atoms with Gasteiger partial charge >= 0.3 is 0 Å². The molecule has 1 aromatic heterocycles. The van der Waals surface area contributed by atoms with Gasteiger partial charge in [0.25, 0.3) is 0 Å².